The van der Waals surface area contributed by atoms with Gasteiger partial charge in [0, 0.05) is 6.42 Å². The Morgan fingerprint density at radius 2 is 0.897 bits per heavy atom. The van der Waals surface area contributed by atoms with Crippen LogP contribution < -0.4 is 10.2 Å². The smallest absolute Gasteiger partial charge is 0.268 e. The summed E-state index contributed by atoms with van der Waals surface area (Å²) in [5.74, 6) is -0.218. The van der Waals surface area contributed by atoms with Gasteiger partial charge in [-0.15, -0.1) is 0 Å². The van der Waals surface area contributed by atoms with Crippen LogP contribution in [0.2, 0.25) is 0 Å². The molecule has 3 unspecified atom stereocenters. The van der Waals surface area contributed by atoms with E-state index in [1.54, 1.807) is 6.08 Å². The molecule has 0 saturated carbocycles. The number of nitrogens with one attached hydrogen (secondary N) is 1. The second-order valence-corrected chi connectivity index (χ2v) is 19.9. The van der Waals surface area contributed by atoms with E-state index in [-0.39, 0.29) is 12.5 Å². The van der Waals surface area contributed by atoms with Crippen molar-refractivity contribution in [3.05, 3.63) is 134 Å². The summed E-state index contributed by atoms with van der Waals surface area (Å²) in [6, 6.07) is -0.897. The van der Waals surface area contributed by atoms with Crippen LogP contribution in [0, 0.1) is 0 Å². The number of phosphoric ester groups is 1. The van der Waals surface area contributed by atoms with Crippen LogP contribution >= 0.6 is 7.82 Å². The van der Waals surface area contributed by atoms with Crippen molar-refractivity contribution in [1.29, 1.82) is 0 Å². The Morgan fingerprint density at radius 1 is 0.529 bits per heavy atom. The van der Waals surface area contributed by atoms with Crippen molar-refractivity contribution in [3.8, 4) is 0 Å². The van der Waals surface area contributed by atoms with Crippen LogP contribution in [0.3, 0.4) is 0 Å². The number of allylic oxidation sites excluding steroid dienone is 21. The van der Waals surface area contributed by atoms with Gasteiger partial charge in [-0.3, -0.25) is 9.36 Å². The summed E-state index contributed by atoms with van der Waals surface area (Å²) < 4.78 is 23.1. The highest BCUT2D eigenvalue weighted by Gasteiger charge is 2.23. The van der Waals surface area contributed by atoms with Crippen LogP contribution in [-0.2, 0) is 18.4 Å². The molecule has 0 saturated heterocycles. The molecule has 0 aliphatic heterocycles. The fourth-order valence-corrected chi connectivity index (χ4v) is 7.43. The van der Waals surface area contributed by atoms with E-state index in [1.807, 2.05) is 27.2 Å². The molecule has 9 heteroatoms. The lowest BCUT2D eigenvalue weighted by Gasteiger charge is -2.29. The molecule has 0 aliphatic rings. The zero-order chi connectivity index (χ0) is 49.9. The Bertz CT molecular complexity index is 1560. The topological polar surface area (TPSA) is 108 Å². The molecule has 0 aromatic heterocycles. The zero-order valence-corrected chi connectivity index (χ0v) is 44.6. The fraction of sp³-hybridized carbons (Fsp3) is 0.610. The SMILES string of the molecule is CC/C=C\C/C=C\C/C=C\C/C=C\C/C=C\C/C=C\C/C=C\C/C=C\C/C=C\C/C=C\CCCCCCCCCCC(=O)NC(COP(=O)([O-])OCC[N+](C)(C)C)C(O)/C=C/CCCCCCC. The van der Waals surface area contributed by atoms with Gasteiger partial charge in [0.2, 0.25) is 5.91 Å². The molecule has 0 aromatic rings. The minimum atomic E-state index is -4.59. The van der Waals surface area contributed by atoms with E-state index < -0.39 is 26.6 Å². The van der Waals surface area contributed by atoms with Gasteiger partial charge in [-0.05, 0) is 96.3 Å². The van der Waals surface area contributed by atoms with Gasteiger partial charge in [-0.25, -0.2) is 0 Å². The number of phosphoric acid groups is 1. The summed E-state index contributed by atoms with van der Waals surface area (Å²) in [5, 5.41) is 13.7. The number of aliphatic hydroxyl groups excluding tert-OH is 1. The van der Waals surface area contributed by atoms with E-state index in [4.69, 9.17) is 9.05 Å². The third-order valence-corrected chi connectivity index (χ3v) is 11.8. The molecule has 0 spiro atoms. The molecule has 1 amide bonds. The number of unbranched alkanes of at least 4 members (excludes halogenated alkanes) is 13. The van der Waals surface area contributed by atoms with E-state index in [2.05, 4.69) is 141 Å². The monoisotopic (exact) mass is 963 g/mol. The number of nitrogens with zero attached hydrogens (tertiary/aromatic N) is 1. The number of carbonyl (C=O) groups excluding carboxylic acids is 1. The Labute approximate surface area is 417 Å². The summed E-state index contributed by atoms with van der Waals surface area (Å²) in [6.07, 6.45) is 74.1. The van der Waals surface area contributed by atoms with Crippen LogP contribution in [-0.4, -0.2) is 68.5 Å². The number of amides is 1. The van der Waals surface area contributed by atoms with Crippen molar-refractivity contribution in [2.75, 3.05) is 40.9 Å². The van der Waals surface area contributed by atoms with Gasteiger partial charge in [0.05, 0.1) is 39.9 Å². The van der Waals surface area contributed by atoms with Gasteiger partial charge in [-0.2, -0.15) is 0 Å². The second-order valence-electron chi connectivity index (χ2n) is 18.5. The van der Waals surface area contributed by atoms with Crippen molar-refractivity contribution in [1.82, 2.24) is 5.32 Å². The number of quaternary nitrogens is 1. The van der Waals surface area contributed by atoms with Crippen molar-refractivity contribution < 1.29 is 32.9 Å². The largest absolute Gasteiger partial charge is 0.756 e. The number of likely N-dealkylation sites (N-methyl/N-ethyl adjacent to an activating group) is 1. The zero-order valence-electron chi connectivity index (χ0n) is 43.7. The van der Waals surface area contributed by atoms with Crippen LogP contribution in [0.25, 0.3) is 0 Å². The first-order chi connectivity index (χ1) is 33.0. The molecule has 0 radical (unpaired) electrons. The minimum Gasteiger partial charge on any atom is -0.756 e. The predicted octanol–water partition coefficient (Wildman–Crippen LogP) is 15.3. The number of hydrogen-bond acceptors (Lipinski definition) is 6. The molecule has 0 aliphatic carbocycles. The quantitative estimate of drug-likeness (QED) is 0.0272. The van der Waals surface area contributed by atoms with Crippen molar-refractivity contribution in [3.63, 3.8) is 0 Å². The van der Waals surface area contributed by atoms with Gasteiger partial charge in [0.1, 0.15) is 13.2 Å². The Hall–Kier alpha value is -3.36. The van der Waals surface area contributed by atoms with Gasteiger partial charge in [0.25, 0.3) is 7.82 Å². The third kappa shape index (κ3) is 50.5. The summed E-state index contributed by atoms with van der Waals surface area (Å²) in [6.45, 7) is 4.43. The maximum Gasteiger partial charge on any atom is 0.268 e. The molecule has 0 fully saturated rings. The average Bonchev–Trinajstić information content (AvgIpc) is 3.30. The number of carbonyl (C=O) groups is 1. The highest BCUT2D eigenvalue weighted by molar-refractivity contribution is 7.45. The third-order valence-electron chi connectivity index (χ3n) is 10.9. The van der Waals surface area contributed by atoms with Crippen LogP contribution in [0.15, 0.2) is 134 Å². The van der Waals surface area contributed by atoms with Gasteiger partial charge >= 0.3 is 0 Å². The maximum atomic E-state index is 12.8. The van der Waals surface area contributed by atoms with Crippen LogP contribution in [0.1, 0.15) is 181 Å². The summed E-state index contributed by atoms with van der Waals surface area (Å²) in [4.78, 5) is 25.2. The molecule has 0 bridgehead atoms. The first kappa shape index (κ1) is 64.6. The van der Waals surface area contributed by atoms with Gasteiger partial charge in [0.15, 0.2) is 0 Å². The maximum absolute atomic E-state index is 12.8. The molecular weight excluding hydrogens is 864 g/mol. The summed E-state index contributed by atoms with van der Waals surface area (Å²) in [5.41, 5.74) is 0. The molecule has 8 nitrogen and oxygen atoms in total. The van der Waals surface area contributed by atoms with Crippen molar-refractivity contribution in [2.45, 2.75) is 193 Å². The van der Waals surface area contributed by atoms with Crippen molar-refractivity contribution in [2.24, 2.45) is 0 Å². The normalized spacial score (nSPS) is 15.1. The lowest BCUT2D eigenvalue weighted by molar-refractivity contribution is -0.870. The molecule has 0 rings (SSSR count). The molecule has 68 heavy (non-hydrogen) atoms. The van der Waals surface area contributed by atoms with Crippen molar-refractivity contribution >= 4 is 13.7 Å². The van der Waals surface area contributed by atoms with E-state index in [0.717, 1.165) is 116 Å². The van der Waals surface area contributed by atoms with E-state index in [0.29, 0.717) is 17.4 Å². The lowest BCUT2D eigenvalue weighted by Crippen LogP contribution is -2.45. The highest BCUT2D eigenvalue weighted by Crippen LogP contribution is 2.38. The van der Waals surface area contributed by atoms with Crippen LogP contribution in [0.4, 0.5) is 0 Å². The van der Waals surface area contributed by atoms with E-state index in [9.17, 15) is 19.4 Å². The molecule has 0 heterocycles. The first-order valence-corrected chi connectivity index (χ1v) is 28.0. The van der Waals surface area contributed by atoms with Gasteiger partial charge in [-0.1, -0.05) is 212 Å². The summed E-state index contributed by atoms with van der Waals surface area (Å²) >= 11 is 0. The first-order valence-electron chi connectivity index (χ1n) is 26.5. The standard InChI is InChI=1S/C59H99N2O6P/c1-6-8-10-12-14-15-16-17-18-19-20-21-22-23-24-25-26-27-28-29-30-31-32-33-34-35-36-37-38-39-40-41-42-43-44-45-47-49-51-53-59(63)60-57(58(62)52-50-48-46-13-11-9-7-2)56-67-68(64,65)66-55-54-61(3,4)5/h8,10,14-15,17-18,20-21,23-24,26-27,29-30,32-33,35-36,38-39,50,52,57-58,62H,6-7,9,11-13,16,19,22,25,28,31,34,37,40-49,51,53-56H2,1-5H3,(H-,60,63,64,65)/b10-8-,15-14-,18-17-,21-20-,24-23-,27-26-,30-29-,33-32-,36-35-,39-38-,52-50+. The fourth-order valence-electron chi connectivity index (χ4n) is 6.71. The van der Waals surface area contributed by atoms with Crippen LogP contribution in [0.5, 0.6) is 0 Å². The van der Waals surface area contributed by atoms with Gasteiger partial charge < -0.3 is 28.8 Å². The minimum absolute atomic E-state index is 0.00998. The Morgan fingerprint density at radius 3 is 1.31 bits per heavy atom. The van der Waals surface area contributed by atoms with E-state index >= 15 is 0 Å². The molecular formula is C59H99N2O6P. The lowest BCUT2D eigenvalue weighted by atomic mass is 10.1. The average molecular weight is 963 g/mol. The predicted molar refractivity (Wildman–Crippen MR) is 292 cm³/mol. The number of hydrogen-bond donors (Lipinski definition) is 2. The molecule has 0 aromatic carbocycles. The Balaban J connectivity index is 4.03. The number of aliphatic hydroxyl groups is 1. The van der Waals surface area contributed by atoms with E-state index in [1.165, 1.54) is 44.9 Å². The Kier molecular flexibility index (Phi) is 46.3. The second kappa shape index (κ2) is 48.7. The highest BCUT2D eigenvalue weighted by atomic mass is 31.2. The molecule has 3 atom stereocenters. The molecule has 2 N–H and O–H groups in total. The molecule has 386 valence electrons. The summed E-state index contributed by atoms with van der Waals surface area (Å²) in [7, 11) is 1.23. The number of rotatable bonds is 46.